The fraction of sp³-hybridized carbons (Fsp3) is 0.462. The maximum absolute atomic E-state index is 14.7. The number of alkyl halides is 2. The fourth-order valence-corrected chi connectivity index (χ4v) is 5.74. The van der Waals surface area contributed by atoms with Crippen LogP contribution in [0.5, 0.6) is 0 Å². The summed E-state index contributed by atoms with van der Waals surface area (Å²) in [5.74, 6) is -5.00. The summed E-state index contributed by atoms with van der Waals surface area (Å²) in [5.41, 5.74) is 0.663. The van der Waals surface area contributed by atoms with Crippen molar-refractivity contribution in [3.63, 3.8) is 0 Å². The van der Waals surface area contributed by atoms with Crippen LogP contribution in [0.15, 0.2) is 46.0 Å². The number of carbonyl (C=O) groups is 2. The summed E-state index contributed by atoms with van der Waals surface area (Å²) in [6.07, 6.45) is 1.36. The van der Waals surface area contributed by atoms with E-state index in [4.69, 9.17) is 21.4 Å². The number of piperidine rings is 1. The topological polar surface area (TPSA) is 107 Å². The number of hydrogen-bond acceptors (Lipinski definition) is 9. The van der Waals surface area contributed by atoms with E-state index in [-0.39, 0.29) is 55.4 Å². The molecule has 0 saturated carbocycles. The lowest BCUT2D eigenvalue weighted by Crippen LogP contribution is -2.54. The average Bonchev–Trinajstić information content (AvgIpc) is 3.40. The van der Waals surface area contributed by atoms with Crippen molar-refractivity contribution in [1.29, 1.82) is 0 Å². The molecule has 2 atom stereocenters. The number of rotatable bonds is 10. The first kappa shape index (κ1) is 30.0. The standard InChI is InChI=1S/C26H29ClF3N5O4S/c1-3-39-25(38)21-19(12-35-14-26(29,30)7-6-16(35)11-34(2)13-20(36)37)32-23(24-31-8-9-40-24)33-22(21)17-5-4-15(28)10-18(17)27/h4-5,8-10,16,22H,3,6-7,11-14H2,1-2H3,(H,32,33)(H,36,37). The molecule has 1 fully saturated rings. The van der Waals surface area contributed by atoms with E-state index in [9.17, 15) is 22.8 Å². The summed E-state index contributed by atoms with van der Waals surface area (Å²) in [6, 6.07) is 2.28. The molecule has 216 valence electrons. The van der Waals surface area contributed by atoms with Crippen molar-refractivity contribution in [2.75, 3.05) is 39.8 Å². The number of esters is 1. The number of ether oxygens (including phenoxy) is 1. The SMILES string of the molecule is CCOC(=O)C1=C(CN2CC(F)(F)CCC2CN(C)CC(=O)O)NC(c2nccs2)=NC1c1ccc(F)cc1Cl. The summed E-state index contributed by atoms with van der Waals surface area (Å²) >= 11 is 7.68. The number of nitrogens with one attached hydrogen (secondary N) is 1. The number of carboxylic acid groups (broad SMARTS) is 1. The largest absolute Gasteiger partial charge is 0.480 e. The number of aromatic nitrogens is 1. The van der Waals surface area contributed by atoms with E-state index in [0.29, 0.717) is 16.4 Å². The van der Waals surface area contributed by atoms with Gasteiger partial charge in [0.1, 0.15) is 11.9 Å². The second-order valence-electron chi connectivity index (χ2n) is 9.66. The van der Waals surface area contributed by atoms with Gasteiger partial charge in [0.2, 0.25) is 0 Å². The number of halogens is 4. The van der Waals surface area contributed by atoms with Crippen molar-refractivity contribution in [2.45, 2.75) is 37.8 Å². The predicted molar refractivity (Wildman–Crippen MR) is 144 cm³/mol. The first-order chi connectivity index (χ1) is 19.0. The first-order valence-corrected chi connectivity index (χ1v) is 13.8. The monoisotopic (exact) mass is 599 g/mol. The van der Waals surface area contributed by atoms with Crippen LogP contribution in [-0.2, 0) is 14.3 Å². The van der Waals surface area contributed by atoms with Gasteiger partial charge >= 0.3 is 11.9 Å². The summed E-state index contributed by atoms with van der Waals surface area (Å²) in [5, 5.41) is 14.6. The van der Waals surface area contributed by atoms with Gasteiger partial charge in [-0.05, 0) is 32.5 Å². The van der Waals surface area contributed by atoms with Crippen LogP contribution in [0.2, 0.25) is 5.02 Å². The molecule has 0 spiro atoms. The lowest BCUT2D eigenvalue weighted by atomic mass is 9.93. The van der Waals surface area contributed by atoms with Gasteiger partial charge in [-0.3, -0.25) is 19.6 Å². The van der Waals surface area contributed by atoms with Crippen LogP contribution < -0.4 is 5.32 Å². The first-order valence-electron chi connectivity index (χ1n) is 12.6. The lowest BCUT2D eigenvalue weighted by molar-refractivity contribution is -0.140. The molecule has 2 aromatic rings. The number of benzene rings is 1. The highest BCUT2D eigenvalue weighted by Gasteiger charge is 2.42. The summed E-state index contributed by atoms with van der Waals surface area (Å²) in [7, 11) is 1.61. The van der Waals surface area contributed by atoms with Gasteiger partial charge in [-0.2, -0.15) is 0 Å². The predicted octanol–water partition coefficient (Wildman–Crippen LogP) is 3.96. The van der Waals surface area contributed by atoms with E-state index < -0.39 is 42.3 Å². The highest BCUT2D eigenvalue weighted by Crippen LogP contribution is 2.38. The van der Waals surface area contributed by atoms with E-state index in [2.05, 4.69) is 15.3 Å². The normalized spacial score (nSPS) is 21.2. The second-order valence-corrected chi connectivity index (χ2v) is 11.0. The van der Waals surface area contributed by atoms with Crippen molar-refractivity contribution in [3.8, 4) is 0 Å². The van der Waals surface area contributed by atoms with Gasteiger partial charge in [-0.1, -0.05) is 17.7 Å². The van der Waals surface area contributed by atoms with E-state index in [0.717, 1.165) is 6.07 Å². The van der Waals surface area contributed by atoms with Gasteiger partial charge < -0.3 is 15.2 Å². The Hall–Kier alpha value is -3.00. The number of aliphatic imine (C=N–C) groups is 1. The Morgan fingerprint density at radius 1 is 1.38 bits per heavy atom. The van der Waals surface area contributed by atoms with Crippen molar-refractivity contribution in [2.24, 2.45) is 4.99 Å². The number of amidine groups is 1. The van der Waals surface area contributed by atoms with Crippen molar-refractivity contribution < 1.29 is 32.6 Å². The van der Waals surface area contributed by atoms with Crippen molar-refractivity contribution in [3.05, 3.63) is 62.5 Å². The van der Waals surface area contributed by atoms with E-state index in [1.54, 1.807) is 30.4 Å². The number of carboxylic acids is 1. The molecule has 0 amide bonds. The molecule has 3 heterocycles. The second kappa shape index (κ2) is 12.7. The third kappa shape index (κ3) is 7.19. The molecule has 40 heavy (non-hydrogen) atoms. The number of carbonyl (C=O) groups excluding carboxylic acids is 1. The minimum Gasteiger partial charge on any atom is -0.480 e. The molecule has 4 rings (SSSR count). The summed E-state index contributed by atoms with van der Waals surface area (Å²) in [4.78, 5) is 36.6. The van der Waals surface area contributed by atoms with Crippen LogP contribution in [0.1, 0.15) is 36.4 Å². The molecular weight excluding hydrogens is 571 g/mol. The minimum atomic E-state index is -2.98. The van der Waals surface area contributed by atoms with Gasteiger partial charge in [-0.15, -0.1) is 11.3 Å². The van der Waals surface area contributed by atoms with E-state index in [1.807, 2.05) is 0 Å². The quantitative estimate of drug-likeness (QED) is 0.395. The van der Waals surface area contributed by atoms with Gasteiger partial charge in [0, 0.05) is 53.4 Å². The molecule has 0 aliphatic carbocycles. The Morgan fingerprint density at radius 3 is 2.80 bits per heavy atom. The summed E-state index contributed by atoms with van der Waals surface area (Å²) in [6.45, 7) is 0.957. The zero-order chi connectivity index (χ0) is 29.0. The molecule has 2 aliphatic heterocycles. The number of thiazole rings is 1. The van der Waals surface area contributed by atoms with E-state index >= 15 is 0 Å². The van der Waals surface area contributed by atoms with Gasteiger partial charge in [0.25, 0.3) is 5.92 Å². The lowest BCUT2D eigenvalue weighted by Gasteiger charge is -2.42. The Morgan fingerprint density at radius 2 is 2.15 bits per heavy atom. The molecule has 14 heteroatoms. The van der Waals surface area contributed by atoms with Crippen LogP contribution in [0.25, 0.3) is 0 Å². The molecule has 1 aromatic carbocycles. The number of aliphatic carboxylic acids is 1. The molecule has 1 aromatic heterocycles. The van der Waals surface area contributed by atoms with Crippen LogP contribution in [0.3, 0.4) is 0 Å². The molecule has 1 saturated heterocycles. The highest BCUT2D eigenvalue weighted by atomic mass is 35.5. The number of likely N-dealkylation sites (N-methyl/N-ethyl adjacent to an activating group) is 1. The average molecular weight is 600 g/mol. The maximum atomic E-state index is 14.7. The highest BCUT2D eigenvalue weighted by molar-refractivity contribution is 7.11. The minimum absolute atomic E-state index is 0.0352. The van der Waals surface area contributed by atoms with Crippen LogP contribution in [0, 0.1) is 5.82 Å². The number of nitrogens with zero attached hydrogens (tertiary/aromatic N) is 4. The molecule has 2 unspecified atom stereocenters. The molecule has 9 nitrogen and oxygen atoms in total. The Balaban J connectivity index is 1.79. The Bertz CT molecular complexity index is 1310. The van der Waals surface area contributed by atoms with Gasteiger partial charge in [0.15, 0.2) is 10.8 Å². The van der Waals surface area contributed by atoms with Crippen LogP contribution >= 0.6 is 22.9 Å². The maximum Gasteiger partial charge on any atom is 0.338 e. The van der Waals surface area contributed by atoms with Gasteiger partial charge in [0.05, 0.1) is 25.3 Å². The van der Waals surface area contributed by atoms with Crippen LogP contribution in [-0.4, -0.2) is 89.5 Å². The molecule has 0 radical (unpaired) electrons. The van der Waals surface area contributed by atoms with E-state index in [1.165, 1.54) is 28.4 Å². The molecular formula is C26H29ClF3N5O4S. The fourth-order valence-electron chi connectivity index (χ4n) is 4.88. The summed E-state index contributed by atoms with van der Waals surface area (Å²) < 4.78 is 48.6. The zero-order valence-electron chi connectivity index (χ0n) is 21.9. The number of likely N-dealkylation sites (tertiary alicyclic amines) is 1. The zero-order valence-corrected chi connectivity index (χ0v) is 23.4. The Kier molecular flexibility index (Phi) is 9.49. The van der Waals surface area contributed by atoms with Crippen molar-refractivity contribution >= 4 is 40.7 Å². The number of hydrogen-bond donors (Lipinski definition) is 2. The molecule has 2 aliphatic rings. The molecule has 0 bridgehead atoms. The van der Waals surface area contributed by atoms with Gasteiger partial charge in [-0.25, -0.2) is 22.9 Å². The third-order valence-electron chi connectivity index (χ3n) is 6.60. The molecule has 2 N–H and O–H groups in total. The smallest absolute Gasteiger partial charge is 0.338 e. The third-order valence-corrected chi connectivity index (χ3v) is 7.70. The van der Waals surface area contributed by atoms with Crippen LogP contribution in [0.4, 0.5) is 13.2 Å². The Labute approximate surface area is 238 Å². The van der Waals surface area contributed by atoms with Crippen molar-refractivity contribution in [1.82, 2.24) is 20.1 Å².